The molecule has 1 saturated heterocycles. The number of nitrogens with zero attached hydrogens (tertiary/aromatic N) is 2. The highest BCUT2D eigenvalue weighted by atomic mass is 16.3. The minimum absolute atomic E-state index is 0.165. The molecule has 0 radical (unpaired) electrons. The number of carbonyl (C=O) groups excluding carboxylic acids is 1. The Bertz CT molecular complexity index is 860. The smallest absolute Gasteiger partial charge is 0.287 e. The molecular weight excluding hydrogens is 376 g/mol. The van der Waals surface area contributed by atoms with Crippen molar-refractivity contribution in [1.29, 1.82) is 0 Å². The SMILES string of the molecule is CCNC(=NCCCNC(=O)c1occc1C)N1CCC(=Cc2ccccc2)CC1. The van der Waals surface area contributed by atoms with Crippen molar-refractivity contribution in [3.8, 4) is 0 Å². The van der Waals surface area contributed by atoms with Gasteiger partial charge in [0.15, 0.2) is 11.7 Å². The normalized spacial score (nSPS) is 14.5. The summed E-state index contributed by atoms with van der Waals surface area (Å²) in [5, 5.41) is 6.30. The topological polar surface area (TPSA) is 69.9 Å². The minimum atomic E-state index is -0.165. The maximum Gasteiger partial charge on any atom is 0.287 e. The predicted molar refractivity (Wildman–Crippen MR) is 122 cm³/mol. The quantitative estimate of drug-likeness (QED) is 0.415. The lowest BCUT2D eigenvalue weighted by Crippen LogP contribution is -2.44. The molecule has 1 aromatic carbocycles. The van der Waals surface area contributed by atoms with Gasteiger partial charge in [0, 0.05) is 38.3 Å². The Balaban J connectivity index is 1.45. The van der Waals surface area contributed by atoms with E-state index in [1.165, 1.54) is 17.4 Å². The number of amides is 1. The van der Waals surface area contributed by atoms with Gasteiger partial charge in [-0.3, -0.25) is 9.79 Å². The van der Waals surface area contributed by atoms with Crippen molar-refractivity contribution in [2.75, 3.05) is 32.7 Å². The molecule has 6 heteroatoms. The number of hydrogen-bond acceptors (Lipinski definition) is 3. The number of piperidine rings is 1. The molecule has 0 saturated carbocycles. The molecule has 1 aromatic heterocycles. The number of guanidine groups is 1. The van der Waals surface area contributed by atoms with Crippen molar-refractivity contribution < 1.29 is 9.21 Å². The van der Waals surface area contributed by atoms with E-state index in [9.17, 15) is 4.79 Å². The highest BCUT2D eigenvalue weighted by Crippen LogP contribution is 2.19. The van der Waals surface area contributed by atoms with Crippen molar-refractivity contribution in [3.63, 3.8) is 0 Å². The van der Waals surface area contributed by atoms with Crippen LogP contribution in [0.1, 0.15) is 47.9 Å². The number of carbonyl (C=O) groups is 1. The first-order valence-electron chi connectivity index (χ1n) is 10.8. The van der Waals surface area contributed by atoms with Gasteiger partial charge in [0.25, 0.3) is 5.91 Å². The fourth-order valence-electron chi connectivity index (χ4n) is 3.51. The number of hydrogen-bond donors (Lipinski definition) is 2. The van der Waals surface area contributed by atoms with E-state index in [4.69, 9.17) is 9.41 Å². The van der Waals surface area contributed by atoms with Crippen LogP contribution in [0.25, 0.3) is 6.08 Å². The second-order valence-electron chi connectivity index (χ2n) is 7.48. The molecule has 1 aliphatic heterocycles. The van der Waals surface area contributed by atoms with Crippen LogP contribution in [-0.4, -0.2) is 49.5 Å². The molecule has 30 heavy (non-hydrogen) atoms. The lowest BCUT2D eigenvalue weighted by molar-refractivity contribution is 0.0925. The summed E-state index contributed by atoms with van der Waals surface area (Å²) in [5.74, 6) is 1.19. The second kappa shape index (κ2) is 11.2. The lowest BCUT2D eigenvalue weighted by Gasteiger charge is -2.31. The monoisotopic (exact) mass is 408 g/mol. The van der Waals surface area contributed by atoms with Gasteiger partial charge in [-0.25, -0.2) is 0 Å². The molecule has 1 aliphatic rings. The van der Waals surface area contributed by atoms with Crippen LogP contribution in [0.2, 0.25) is 0 Å². The molecule has 2 N–H and O–H groups in total. The second-order valence-corrected chi connectivity index (χ2v) is 7.48. The van der Waals surface area contributed by atoms with E-state index in [0.717, 1.165) is 50.4 Å². The van der Waals surface area contributed by atoms with Crippen molar-refractivity contribution >= 4 is 17.9 Å². The first-order valence-corrected chi connectivity index (χ1v) is 10.8. The average Bonchev–Trinajstić information content (AvgIpc) is 3.20. The van der Waals surface area contributed by atoms with Crippen molar-refractivity contribution in [2.24, 2.45) is 4.99 Å². The molecule has 2 heterocycles. The molecule has 1 fully saturated rings. The zero-order chi connectivity index (χ0) is 21.2. The summed E-state index contributed by atoms with van der Waals surface area (Å²) in [6.45, 7) is 7.99. The van der Waals surface area contributed by atoms with E-state index in [-0.39, 0.29) is 5.91 Å². The van der Waals surface area contributed by atoms with Gasteiger partial charge in [-0.2, -0.15) is 0 Å². The van der Waals surface area contributed by atoms with Gasteiger partial charge in [0.2, 0.25) is 0 Å². The Morgan fingerprint density at radius 1 is 1.17 bits per heavy atom. The summed E-state index contributed by atoms with van der Waals surface area (Å²) in [6, 6.07) is 12.3. The maximum absolute atomic E-state index is 12.1. The van der Waals surface area contributed by atoms with Gasteiger partial charge in [-0.1, -0.05) is 42.0 Å². The highest BCUT2D eigenvalue weighted by Gasteiger charge is 2.17. The van der Waals surface area contributed by atoms with E-state index in [0.29, 0.717) is 18.8 Å². The molecule has 0 spiro atoms. The van der Waals surface area contributed by atoms with Crippen LogP contribution < -0.4 is 10.6 Å². The average molecular weight is 409 g/mol. The van der Waals surface area contributed by atoms with Gasteiger partial charge < -0.3 is 20.0 Å². The van der Waals surface area contributed by atoms with Crippen LogP contribution in [-0.2, 0) is 0 Å². The Labute approximate surface area is 179 Å². The van der Waals surface area contributed by atoms with Crippen LogP contribution in [0, 0.1) is 6.92 Å². The lowest BCUT2D eigenvalue weighted by atomic mass is 10.0. The van der Waals surface area contributed by atoms with Gasteiger partial charge >= 0.3 is 0 Å². The Morgan fingerprint density at radius 3 is 2.60 bits per heavy atom. The predicted octanol–water partition coefficient (Wildman–Crippen LogP) is 3.85. The molecule has 0 unspecified atom stereocenters. The third-order valence-electron chi connectivity index (χ3n) is 5.16. The molecule has 3 rings (SSSR count). The van der Waals surface area contributed by atoms with Crippen LogP contribution in [0.4, 0.5) is 0 Å². The molecule has 160 valence electrons. The summed E-state index contributed by atoms with van der Waals surface area (Å²) >= 11 is 0. The van der Waals surface area contributed by atoms with Crippen LogP contribution in [0.5, 0.6) is 0 Å². The first kappa shape index (κ1) is 21.7. The third-order valence-corrected chi connectivity index (χ3v) is 5.16. The molecule has 6 nitrogen and oxygen atoms in total. The van der Waals surface area contributed by atoms with Gasteiger partial charge in [-0.05, 0) is 44.7 Å². The number of nitrogens with one attached hydrogen (secondary N) is 2. The van der Waals surface area contributed by atoms with Crippen LogP contribution in [0.3, 0.4) is 0 Å². The van der Waals surface area contributed by atoms with E-state index >= 15 is 0 Å². The standard InChI is InChI=1S/C24H32N4O2/c1-3-25-24(27-14-7-13-26-23(29)22-19(2)12-17-30-22)28-15-10-21(11-16-28)18-20-8-5-4-6-9-20/h4-6,8-9,12,17-18H,3,7,10-11,13-16H2,1-2H3,(H,25,27)(H,26,29). The minimum Gasteiger partial charge on any atom is -0.459 e. The Kier molecular flexibility index (Phi) is 8.12. The van der Waals surface area contributed by atoms with E-state index in [2.05, 4.69) is 52.8 Å². The number of benzene rings is 1. The van der Waals surface area contributed by atoms with Crippen LogP contribution >= 0.6 is 0 Å². The molecule has 0 aliphatic carbocycles. The molecule has 2 aromatic rings. The van der Waals surface area contributed by atoms with E-state index in [1.54, 1.807) is 6.07 Å². The fraction of sp³-hybridized carbons (Fsp3) is 0.417. The zero-order valence-corrected chi connectivity index (χ0v) is 18.0. The van der Waals surface area contributed by atoms with Crippen molar-refractivity contribution in [3.05, 3.63) is 65.1 Å². The fourth-order valence-corrected chi connectivity index (χ4v) is 3.51. The van der Waals surface area contributed by atoms with Crippen molar-refractivity contribution in [1.82, 2.24) is 15.5 Å². The van der Waals surface area contributed by atoms with Gasteiger partial charge in [0.05, 0.1) is 6.26 Å². The highest BCUT2D eigenvalue weighted by molar-refractivity contribution is 5.92. The summed E-state index contributed by atoms with van der Waals surface area (Å²) in [4.78, 5) is 19.2. The van der Waals surface area contributed by atoms with Gasteiger partial charge in [-0.15, -0.1) is 0 Å². The molecular formula is C24H32N4O2. The third kappa shape index (κ3) is 6.24. The largest absolute Gasteiger partial charge is 0.459 e. The van der Waals surface area contributed by atoms with E-state index < -0.39 is 0 Å². The van der Waals surface area contributed by atoms with Crippen LogP contribution in [0.15, 0.2) is 57.6 Å². The van der Waals surface area contributed by atoms with Crippen molar-refractivity contribution in [2.45, 2.75) is 33.1 Å². The number of likely N-dealkylation sites (tertiary alicyclic amines) is 1. The molecule has 0 atom stereocenters. The number of furan rings is 1. The molecule has 0 bridgehead atoms. The summed E-state index contributed by atoms with van der Waals surface area (Å²) in [5.41, 5.74) is 3.61. The van der Waals surface area contributed by atoms with Gasteiger partial charge in [0.1, 0.15) is 0 Å². The Morgan fingerprint density at radius 2 is 1.93 bits per heavy atom. The number of aliphatic imine (C=N–C) groups is 1. The first-order chi connectivity index (χ1) is 14.7. The van der Waals surface area contributed by atoms with E-state index in [1.807, 2.05) is 13.0 Å². The number of rotatable bonds is 7. The maximum atomic E-state index is 12.1. The zero-order valence-electron chi connectivity index (χ0n) is 18.0. The number of aryl methyl sites for hydroxylation is 1. The summed E-state index contributed by atoms with van der Waals surface area (Å²) in [7, 11) is 0. The molecule has 1 amide bonds. The summed E-state index contributed by atoms with van der Waals surface area (Å²) in [6.07, 6.45) is 6.74. The Hall–Kier alpha value is -3.02. The summed E-state index contributed by atoms with van der Waals surface area (Å²) < 4.78 is 5.22.